The lowest BCUT2D eigenvalue weighted by Gasteiger charge is -2.44. The third-order valence-electron chi connectivity index (χ3n) is 4.79. The van der Waals surface area contributed by atoms with Gasteiger partial charge in [0.25, 0.3) is 0 Å². The van der Waals surface area contributed by atoms with E-state index in [1.807, 2.05) is 6.92 Å². The van der Waals surface area contributed by atoms with Crippen LogP contribution in [-0.2, 0) is 0 Å². The molecule has 1 aromatic carbocycles. The Balaban J connectivity index is 1.91. The fraction of sp³-hybridized carbons (Fsp3) is 0.667. The number of nitrogens with one attached hydrogen (secondary N) is 1. The maximum absolute atomic E-state index is 6.50. The predicted molar refractivity (Wildman–Crippen MR) is 85.1 cm³/mol. The first-order valence-electron chi connectivity index (χ1n) is 8.45. The summed E-state index contributed by atoms with van der Waals surface area (Å²) in [7, 11) is 0. The highest BCUT2D eigenvalue weighted by atomic mass is 16.5. The summed E-state index contributed by atoms with van der Waals surface area (Å²) < 4.78 is 12.1. The Bertz CT molecular complexity index is 480. The number of fused-ring (bicyclic) bond motifs is 1. The van der Waals surface area contributed by atoms with Gasteiger partial charge in [-0.05, 0) is 45.2 Å². The van der Waals surface area contributed by atoms with E-state index in [0.717, 1.165) is 24.5 Å². The molecule has 1 aliphatic heterocycles. The molecule has 0 bridgehead atoms. The number of rotatable bonds is 4. The van der Waals surface area contributed by atoms with Crippen molar-refractivity contribution in [2.75, 3.05) is 13.2 Å². The molecule has 1 unspecified atom stereocenters. The van der Waals surface area contributed by atoms with Crippen molar-refractivity contribution in [2.24, 2.45) is 0 Å². The SMILES string of the molecule is CCNC1CC2(CCCCC2)Oc2cc(OCC)ccc21. The van der Waals surface area contributed by atoms with Gasteiger partial charge >= 0.3 is 0 Å². The lowest BCUT2D eigenvalue weighted by Crippen LogP contribution is -2.45. The zero-order chi connectivity index (χ0) is 14.7. The van der Waals surface area contributed by atoms with Gasteiger partial charge in [-0.25, -0.2) is 0 Å². The molecular weight excluding hydrogens is 262 g/mol. The van der Waals surface area contributed by atoms with Gasteiger partial charge in [0.1, 0.15) is 17.1 Å². The highest BCUT2D eigenvalue weighted by Gasteiger charge is 2.41. The van der Waals surface area contributed by atoms with E-state index in [9.17, 15) is 0 Å². The standard InChI is InChI=1S/C18H27NO2/c1-3-19-16-13-18(10-6-5-7-11-18)21-17-12-14(20-4-2)8-9-15(16)17/h8-9,12,16,19H,3-7,10-11,13H2,1-2H3. The molecule has 1 N–H and O–H groups in total. The highest BCUT2D eigenvalue weighted by Crippen LogP contribution is 2.47. The van der Waals surface area contributed by atoms with Crippen molar-refractivity contribution >= 4 is 0 Å². The van der Waals surface area contributed by atoms with Crippen molar-refractivity contribution in [1.29, 1.82) is 0 Å². The van der Waals surface area contributed by atoms with Gasteiger partial charge in [-0.3, -0.25) is 0 Å². The van der Waals surface area contributed by atoms with Crippen LogP contribution in [0.15, 0.2) is 18.2 Å². The second-order valence-electron chi connectivity index (χ2n) is 6.29. The van der Waals surface area contributed by atoms with Gasteiger partial charge in [-0.15, -0.1) is 0 Å². The molecule has 1 saturated carbocycles. The first-order valence-corrected chi connectivity index (χ1v) is 8.45. The fourth-order valence-corrected chi connectivity index (χ4v) is 3.84. The van der Waals surface area contributed by atoms with E-state index in [2.05, 4.69) is 30.4 Å². The van der Waals surface area contributed by atoms with Crippen LogP contribution < -0.4 is 14.8 Å². The highest BCUT2D eigenvalue weighted by molar-refractivity contribution is 5.44. The Morgan fingerprint density at radius 3 is 2.76 bits per heavy atom. The summed E-state index contributed by atoms with van der Waals surface area (Å²) in [6.45, 7) is 5.88. The molecule has 0 radical (unpaired) electrons. The summed E-state index contributed by atoms with van der Waals surface area (Å²) in [5.41, 5.74) is 1.33. The van der Waals surface area contributed by atoms with Crippen molar-refractivity contribution in [3.63, 3.8) is 0 Å². The van der Waals surface area contributed by atoms with Gasteiger partial charge in [0.05, 0.1) is 6.61 Å². The minimum Gasteiger partial charge on any atom is -0.494 e. The molecule has 3 rings (SSSR count). The minimum absolute atomic E-state index is 0.0446. The molecular formula is C18H27NO2. The lowest BCUT2D eigenvalue weighted by atomic mass is 9.77. The van der Waals surface area contributed by atoms with Crippen molar-refractivity contribution in [3.8, 4) is 11.5 Å². The molecule has 21 heavy (non-hydrogen) atoms. The van der Waals surface area contributed by atoms with E-state index in [0.29, 0.717) is 12.6 Å². The minimum atomic E-state index is 0.0446. The third-order valence-corrected chi connectivity index (χ3v) is 4.79. The largest absolute Gasteiger partial charge is 0.494 e. The van der Waals surface area contributed by atoms with Crippen LogP contribution in [0.5, 0.6) is 11.5 Å². The molecule has 2 aliphatic rings. The van der Waals surface area contributed by atoms with Crippen LogP contribution in [-0.4, -0.2) is 18.8 Å². The second-order valence-corrected chi connectivity index (χ2v) is 6.29. The Hall–Kier alpha value is -1.22. The van der Waals surface area contributed by atoms with Gasteiger partial charge < -0.3 is 14.8 Å². The zero-order valence-corrected chi connectivity index (χ0v) is 13.3. The Morgan fingerprint density at radius 1 is 1.24 bits per heavy atom. The van der Waals surface area contributed by atoms with Gasteiger partial charge in [0, 0.05) is 24.1 Å². The quantitative estimate of drug-likeness (QED) is 0.900. The van der Waals surface area contributed by atoms with Gasteiger partial charge in [0.15, 0.2) is 0 Å². The molecule has 1 aromatic rings. The van der Waals surface area contributed by atoms with Crippen molar-refractivity contribution < 1.29 is 9.47 Å². The second kappa shape index (κ2) is 6.27. The predicted octanol–water partition coefficient (Wildman–Crippen LogP) is 4.22. The van der Waals surface area contributed by atoms with Crippen molar-refractivity contribution in [3.05, 3.63) is 23.8 Å². The molecule has 1 aliphatic carbocycles. The number of benzene rings is 1. The van der Waals surface area contributed by atoms with Crippen LogP contribution in [0.25, 0.3) is 0 Å². The van der Waals surface area contributed by atoms with Gasteiger partial charge in [-0.1, -0.05) is 19.4 Å². The molecule has 1 fully saturated rings. The van der Waals surface area contributed by atoms with E-state index in [1.54, 1.807) is 0 Å². The third kappa shape index (κ3) is 3.03. The Morgan fingerprint density at radius 2 is 2.05 bits per heavy atom. The molecule has 1 atom stereocenters. The van der Waals surface area contributed by atoms with Crippen LogP contribution in [0.1, 0.15) is 64.0 Å². The molecule has 0 saturated heterocycles. The molecule has 0 amide bonds. The van der Waals surface area contributed by atoms with E-state index >= 15 is 0 Å². The Labute approximate surface area is 128 Å². The summed E-state index contributed by atoms with van der Waals surface area (Å²) in [5, 5.41) is 3.64. The summed E-state index contributed by atoms with van der Waals surface area (Å²) in [6, 6.07) is 6.73. The average molecular weight is 289 g/mol. The molecule has 1 heterocycles. The van der Waals surface area contributed by atoms with Crippen molar-refractivity contribution in [2.45, 2.75) is 64.0 Å². The van der Waals surface area contributed by atoms with E-state index in [1.165, 1.54) is 37.7 Å². The topological polar surface area (TPSA) is 30.5 Å². The van der Waals surface area contributed by atoms with E-state index in [-0.39, 0.29) is 5.60 Å². The molecule has 0 aromatic heterocycles. The van der Waals surface area contributed by atoms with Gasteiger partial charge in [-0.2, -0.15) is 0 Å². The van der Waals surface area contributed by atoms with Crippen LogP contribution in [0.4, 0.5) is 0 Å². The van der Waals surface area contributed by atoms with E-state index < -0.39 is 0 Å². The fourth-order valence-electron chi connectivity index (χ4n) is 3.84. The molecule has 3 heteroatoms. The number of ether oxygens (including phenoxy) is 2. The smallest absolute Gasteiger partial charge is 0.128 e. The number of hydrogen-bond donors (Lipinski definition) is 1. The van der Waals surface area contributed by atoms with Crippen LogP contribution in [0.2, 0.25) is 0 Å². The van der Waals surface area contributed by atoms with E-state index in [4.69, 9.17) is 9.47 Å². The van der Waals surface area contributed by atoms with Crippen LogP contribution >= 0.6 is 0 Å². The number of hydrogen-bond acceptors (Lipinski definition) is 3. The molecule has 3 nitrogen and oxygen atoms in total. The Kier molecular flexibility index (Phi) is 4.39. The summed E-state index contributed by atoms with van der Waals surface area (Å²) in [6.07, 6.45) is 7.41. The first-order chi connectivity index (χ1) is 10.3. The maximum atomic E-state index is 6.50. The summed E-state index contributed by atoms with van der Waals surface area (Å²) >= 11 is 0. The first kappa shape index (κ1) is 14.7. The summed E-state index contributed by atoms with van der Waals surface area (Å²) in [5.74, 6) is 1.94. The normalized spacial score (nSPS) is 23.4. The zero-order valence-electron chi connectivity index (χ0n) is 13.3. The molecule has 1 spiro atoms. The van der Waals surface area contributed by atoms with Crippen molar-refractivity contribution in [1.82, 2.24) is 5.32 Å². The van der Waals surface area contributed by atoms with Crippen LogP contribution in [0.3, 0.4) is 0 Å². The summed E-state index contributed by atoms with van der Waals surface area (Å²) in [4.78, 5) is 0. The monoisotopic (exact) mass is 289 g/mol. The van der Waals surface area contributed by atoms with Gasteiger partial charge in [0.2, 0.25) is 0 Å². The molecule has 116 valence electrons. The average Bonchev–Trinajstić information content (AvgIpc) is 2.48. The lowest BCUT2D eigenvalue weighted by molar-refractivity contribution is -0.00264. The maximum Gasteiger partial charge on any atom is 0.128 e. The van der Waals surface area contributed by atoms with Crippen LogP contribution in [0, 0.1) is 0 Å².